The fraction of sp³-hybridized carbons (Fsp3) is 0.500. The van der Waals surface area contributed by atoms with E-state index in [9.17, 15) is 24.6 Å². The number of hydrogen-bond donors (Lipinski definition) is 2. The Hall–Kier alpha value is -3.95. The van der Waals surface area contributed by atoms with Crippen molar-refractivity contribution in [1.82, 2.24) is 0 Å². The van der Waals surface area contributed by atoms with Crippen LogP contribution in [0, 0.1) is 11.8 Å². The molecule has 1 aromatic rings. The first-order valence-corrected chi connectivity index (χ1v) is 16.2. The molecule has 7 rings (SSSR count). The average Bonchev–Trinajstić information content (AvgIpc) is 3.12. The smallest absolute Gasteiger partial charge is 0.298 e. The zero-order valence-electron chi connectivity index (χ0n) is 28.4. The summed E-state index contributed by atoms with van der Waals surface area (Å²) in [5.74, 6) is -0.907. The van der Waals surface area contributed by atoms with Gasteiger partial charge < -0.3 is 29.2 Å². The van der Waals surface area contributed by atoms with Gasteiger partial charge in [-0.2, -0.15) is 0 Å². The van der Waals surface area contributed by atoms with Crippen LogP contribution in [0.5, 0.6) is 17.2 Å². The Morgan fingerprint density at radius 1 is 1.09 bits per heavy atom. The van der Waals surface area contributed by atoms with Crippen molar-refractivity contribution < 1.29 is 43.5 Å². The molecule has 0 aromatic heterocycles. The second-order valence-corrected chi connectivity index (χ2v) is 15.0. The summed E-state index contributed by atoms with van der Waals surface area (Å²) in [6, 6.07) is 0. The number of phenols is 1. The molecule has 47 heavy (non-hydrogen) atoms. The molecule has 1 spiro atoms. The molecule has 2 N–H and O–H groups in total. The summed E-state index contributed by atoms with van der Waals surface area (Å²) in [4.78, 5) is 40.1. The maximum absolute atomic E-state index is 14.7. The van der Waals surface area contributed by atoms with Gasteiger partial charge in [0.2, 0.25) is 0 Å². The summed E-state index contributed by atoms with van der Waals surface area (Å²) in [5, 5.41) is 22.0. The van der Waals surface area contributed by atoms with Gasteiger partial charge in [-0.1, -0.05) is 29.9 Å². The van der Waals surface area contributed by atoms with Gasteiger partial charge in [0.15, 0.2) is 22.8 Å². The van der Waals surface area contributed by atoms with Crippen molar-refractivity contribution in [1.29, 1.82) is 0 Å². The number of fused-ring (bicyclic) bond motifs is 2. The first kappa shape index (κ1) is 33.0. The summed E-state index contributed by atoms with van der Waals surface area (Å²) in [5.41, 5.74) is -3.39. The minimum Gasteiger partial charge on any atom is -0.506 e. The number of hydrogen-bond acceptors (Lipinski definition) is 9. The highest BCUT2D eigenvalue weighted by Crippen LogP contribution is 2.68. The summed E-state index contributed by atoms with van der Waals surface area (Å²) in [6.45, 7) is 15.0. The number of carbonyl (C=O) groups is 3. The molecule has 6 aliphatic rings. The van der Waals surface area contributed by atoms with Crippen molar-refractivity contribution in [2.45, 2.75) is 109 Å². The molecule has 4 bridgehead atoms. The highest BCUT2D eigenvalue weighted by molar-refractivity contribution is 6.19. The van der Waals surface area contributed by atoms with Crippen LogP contribution in [0.4, 0.5) is 0 Å². The molecule has 3 heterocycles. The minimum atomic E-state index is -1.58. The van der Waals surface area contributed by atoms with E-state index in [1.807, 2.05) is 52.8 Å². The number of Topliss-reactive ketones (excluding diaryl/α,β-unsaturated/α-hetero) is 2. The molecule has 0 amide bonds. The van der Waals surface area contributed by atoms with Gasteiger partial charge in [0, 0.05) is 35.8 Å². The summed E-state index contributed by atoms with van der Waals surface area (Å²) < 4.78 is 25.6. The van der Waals surface area contributed by atoms with E-state index in [2.05, 4.69) is 0 Å². The second kappa shape index (κ2) is 10.8. The fourth-order valence-corrected chi connectivity index (χ4v) is 8.11. The van der Waals surface area contributed by atoms with Gasteiger partial charge in [-0.05, 0) is 86.5 Å². The number of rotatable bonds is 9. The van der Waals surface area contributed by atoms with E-state index >= 15 is 0 Å². The highest BCUT2D eigenvalue weighted by atomic mass is 16.6. The predicted molar refractivity (Wildman–Crippen MR) is 175 cm³/mol. The Labute approximate surface area is 275 Å². The summed E-state index contributed by atoms with van der Waals surface area (Å²) in [6.07, 6.45) is 13.8. The van der Waals surface area contributed by atoms with Crippen molar-refractivity contribution in [2.24, 2.45) is 11.8 Å². The molecule has 3 unspecified atom stereocenters. The molecule has 250 valence electrons. The van der Waals surface area contributed by atoms with Gasteiger partial charge in [-0.3, -0.25) is 14.4 Å². The lowest BCUT2D eigenvalue weighted by atomic mass is 9.51. The van der Waals surface area contributed by atoms with E-state index < -0.39 is 39.7 Å². The van der Waals surface area contributed by atoms with Crippen LogP contribution in [-0.2, 0) is 25.5 Å². The zero-order valence-corrected chi connectivity index (χ0v) is 28.4. The Morgan fingerprint density at radius 3 is 2.47 bits per heavy atom. The number of ketones is 2. The zero-order chi connectivity index (χ0) is 34.3. The number of phenolic OH excluding ortho intramolecular Hbond substituents is 1. The lowest BCUT2D eigenvalue weighted by molar-refractivity contribution is -0.171. The Balaban J connectivity index is 1.57. The third kappa shape index (κ3) is 4.92. The topological polar surface area (TPSA) is 129 Å². The number of carbonyl (C=O) groups excluding carboxylic acids is 3. The van der Waals surface area contributed by atoms with Gasteiger partial charge in [0.25, 0.3) is 6.47 Å². The van der Waals surface area contributed by atoms with Gasteiger partial charge in [0.05, 0.1) is 16.8 Å². The molecule has 2 fully saturated rings. The average molecular weight is 645 g/mol. The van der Waals surface area contributed by atoms with E-state index in [4.69, 9.17) is 18.9 Å². The van der Waals surface area contributed by atoms with Crippen LogP contribution in [0.1, 0.15) is 96.1 Å². The van der Waals surface area contributed by atoms with Crippen LogP contribution >= 0.6 is 0 Å². The Morgan fingerprint density at radius 2 is 1.81 bits per heavy atom. The van der Waals surface area contributed by atoms with Gasteiger partial charge in [0.1, 0.15) is 34.2 Å². The Kier molecular flexibility index (Phi) is 7.57. The minimum absolute atomic E-state index is 0.0208. The molecule has 1 saturated carbocycles. The number of aromatic hydroxyl groups is 1. The third-order valence-corrected chi connectivity index (χ3v) is 10.2. The summed E-state index contributed by atoms with van der Waals surface area (Å²) in [7, 11) is 0. The molecular formula is C38H44O9. The van der Waals surface area contributed by atoms with Gasteiger partial charge >= 0.3 is 0 Å². The number of ether oxygens (including phenoxy) is 4. The van der Waals surface area contributed by atoms with Gasteiger partial charge in [-0.25, -0.2) is 0 Å². The maximum Gasteiger partial charge on any atom is 0.298 e. The van der Waals surface area contributed by atoms with Crippen molar-refractivity contribution in [3.8, 4) is 17.2 Å². The van der Waals surface area contributed by atoms with Crippen molar-refractivity contribution in [3.63, 3.8) is 0 Å². The molecule has 9 heteroatoms. The van der Waals surface area contributed by atoms with Gasteiger partial charge in [-0.15, -0.1) is 0 Å². The van der Waals surface area contributed by atoms with E-state index in [-0.39, 0.29) is 35.2 Å². The predicted octanol–water partition coefficient (Wildman–Crippen LogP) is 6.26. The molecule has 9 nitrogen and oxygen atoms in total. The number of aliphatic hydroxyl groups is 1. The van der Waals surface area contributed by atoms with Crippen LogP contribution in [0.2, 0.25) is 0 Å². The van der Waals surface area contributed by atoms with E-state index in [0.29, 0.717) is 53.9 Å². The van der Waals surface area contributed by atoms with E-state index in [0.717, 1.165) is 5.57 Å². The maximum atomic E-state index is 14.7. The quantitative estimate of drug-likeness (QED) is 0.182. The van der Waals surface area contributed by atoms with Crippen LogP contribution < -0.4 is 9.47 Å². The molecule has 1 aromatic carbocycles. The molecule has 1 saturated heterocycles. The molecular weight excluding hydrogens is 600 g/mol. The first-order valence-electron chi connectivity index (χ1n) is 16.2. The number of benzene rings is 1. The molecule has 5 atom stereocenters. The van der Waals surface area contributed by atoms with E-state index in [1.165, 1.54) is 0 Å². The lowest BCUT2D eigenvalue weighted by Gasteiger charge is -2.56. The molecule has 3 aliphatic carbocycles. The van der Waals surface area contributed by atoms with Crippen LogP contribution in [0.25, 0.3) is 6.08 Å². The Bertz CT molecular complexity index is 1730. The summed E-state index contributed by atoms with van der Waals surface area (Å²) >= 11 is 0. The van der Waals surface area contributed by atoms with Crippen molar-refractivity contribution >= 4 is 24.1 Å². The highest BCUT2D eigenvalue weighted by Gasteiger charge is 2.81. The first-order chi connectivity index (χ1) is 21.9. The fourth-order valence-electron chi connectivity index (χ4n) is 8.11. The molecule has 3 aliphatic heterocycles. The molecule has 0 radical (unpaired) electrons. The van der Waals surface area contributed by atoms with Crippen molar-refractivity contribution in [2.75, 3.05) is 0 Å². The van der Waals surface area contributed by atoms with Crippen molar-refractivity contribution in [3.05, 3.63) is 70.1 Å². The number of allylic oxidation sites excluding steroid dienone is 4. The second-order valence-electron chi connectivity index (χ2n) is 15.0. The van der Waals surface area contributed by atoms with Crippen LogP contribution in [-0.4, -0.2) is 56.3 Å². The van der Waals surface area contributed by atoms with Crippen LogP contribution in [0.3, 0.4) is 0 Å². The van der Waals surface area contributed by atoms with Crippen LogP contribution in [0.15, 0.2) is 53.4 Å². The monoisotopic (exact) mass is 644 g/mol. The van der Waals surface area contributed by atoms with E-state index in [1.54, 1.807) is 45.1 Å². The largest absolute Gasteiger partial charge is 0.506 e. The lowest BCUT2D eigenvalue weighted by Crippen LogP contribution is -2.72. The third-order valence-electron chi connectivity index (χ3n) is 10.2. The normalized spacial score (nSPS) is 31.4. The SMILES string of the molecule is CC(C)=CCc1c2c(c(O)c3c1OC14C(=C[C@@H]5CC1C(C)(C)O[C@]4(C/C=C(/C)OC=O)C5=O)C3=O)C=CC(C)(C/C=C/C(C)(C)O)O2. The standard InChI is InChI=1S/C38H44O9/c1-21(2)10-11-25-31-24(13-16-36(8,45-31)15-9-14-34(4,5)43)29(40)28-30(41)26-18-23-19-27-35(6,7)47-37(33(23)42,17-12-22(3)44-20-39)38(26,27)46-32(25)28/h9-10,12-14,16,18,20,23,27,40,43H,11,15,17,19H2,1-8H3/b14-9+,22-12-/t23-,27?,36?,37-,38?/m1/s1.